The van der Waals surface area contributed by atoms with Gasteiger partial charge in [0.05, 0.1) is 12.3 Å². The molecular weight excluding hydrogens is 271 g/mol. The molecule has 0 aromatic heterocycles. The second-order valence-electron chi connectivity index (χ2n) is 5.59. The lowest BCUT2D eigenvalue weighted by Crippen LogP contribution is -2.06. The van der Waals surface area contributed by atoms with E-state index in [1.165, 1.54) is 11.1 Å². The Balaban J connectivity index is 4.05. The van der Waals surface area contributed by atoms with Gasteiger partial charge in [-0.15, -0.1) is 0 Å². The van der Waals surface area contributed by atoms with Crippen LogP contribution >= 0.6 is 8.03 Å². The molecule has 0 saturated carbocycles. The quantitative estimate of drug-likeness (QED) is 0.495. The zero-order valence-electron chi connectivity index (χ0n) is 13.1. The molecule has 2 unspecified atom stereocenters. The average Bonchev–Trinajstić information content (AvgIpc) is 2.26. The average molecular weight is 300 g/mol. The van der Waals surface area contributed by atoms with Crippen LogP contribution < -0.4 is 0 Å². The van der Waals surface area contributed by atoms with E-state index in [0.717, 1.165) is 31.3 Å². The topological polar surface area (TPSA) is 57.5 Å². The molecule has 2 N–H and O–H groups in total. The van der Waals surface area contributed by atoms with Crippen LogP contribution in [-0.4, -0.2) is 22.3 Å². The molecule has 0 saturated heterocycles. The molecule has 0 bridgehead atoms. The van der Waals surface area contributed by atoms with E-state index in [1.54, 1.807) is 6.08 Å². The SMILES string of the molecule is CC(C)=CCCC(C)=CCCC(C)=CC(O)C[PH](=O)O. The summed E-state index contributed by atoms with van der Waals surface area (Å²) in [4.78, 5) is 8.75. The fraction of sp³-hybridized carbons (Fsp3) is 0.625. The standard InChI is InChI=1S/C16H29O3P/c1-13(2)7-5-8-14(3)9-6-10-15(4)11-16(17)12-20(18)19/h7,9,11,16-17,20H,5-6,8,10,12H2,1-4H3,(H,18,19). The molecule has 0 radical (unpaired) electrons. The molecule has 0 aliphatic carbocycles. The summed E-state index contributed by atoms with van der Waals surface area (Å²) in [5, 5.41) is 9.53. The first-order valence-corrected chi connectivity index (χ1v) is 8.73. The minimum atomic E-state index is -2.59. The fourth-order valence-corrected chi connectivity index (χ4v) is 2.36. The monoisotopic (exact) mass is 300 g/mol. The molecule has 0 aliphatic heterocycles. The molecule has 0 aliphatic rings. The van der Waals surface area contributed by atoms with Gasteiger partial charge in [0.1, 0.15) is 0 Å². The molecule has 0 spiro atoms. The van der Waals surface area contributed by atoms with E-state index in [-0.39, 0.29) is 6.16 Å². The predicted molar refractivity (Wildman–Crippen MR) is 87.5 cm³/mol. The summed E-state index contributed by atoms with van der Waals surface area (Å²) >= 11 is 0. The molecule has 0 amide bonds. The molecule has 2 atom stereocenters. The van der Waals surface area contributed by atoms with E-state index < -0.39 is 14.1 Å². The Bertz CT molecular complexity index is 391. The number of aliphatic hydroxyl groups is 1. The van der Waals surface area contributed by atoms with Crippen molar-refractivity contribution in [1.82, 2.24) is 0 Å². The van der Waals surface area contributed by atoms with Gasteiger partial charge in [-0.1, -0.05) is 34.9 Å². The van der Waals surface area contributed by atoms with Crippen molar-refractivity contribution in [2.45, 2.75) is 59.5 Å². The third-order valence-corrected chi connectivity index (χ3v) is 3.75. The van der Waals surface area contributed by atoms with Gasteiger partial charge in [-0.05, 0) is 53.4 Å². The molecule has 116 valence electrons. The van der Waals surface area contributed by atoms with Crippen LogP contribution in [0, 0.1) is 0 Å². The molecule has 3 nitrogen and oxygen atoms in total. The summed E-state index contributed by atoms with van der Waals surface area (Å²) in [6, 6.07) is 0. The second-order valence-corrected chi connectivity index (χ2v) is 6.78. The Morgan fingerprint density at radius 3 is 2.15 bits per heavy atom. The van der Waals surface area contributed by atoms with Crippen molar-refractivity contribution in [2.75, 3.05) is 6.16 Å². The van der Waals surface area contributed by atoms with Gasteiger partial charge in [-0.3, -0.25) is 4.57 Å². The Kier molecular flexibility index (Phi) is 10.7. The lowest BCUT2D eigenvalue weighted by atomic mass is 10.1. The largest absolute Gasteiger partial charge is 0.388 e. The third-order valence-electron chi connectivity index (χ3n) is 2.98. The van der Waals surface area contributed by atoms with Crippen LogP contribution in [0.25, 0.3) is 0 Å². The highest BCUT2D eigenvalue weighted by Gasteiger charge is 2.04. The van der Waals surface area contributed by atoms with E-state index in [0.29, 0.717) is 0 Å². The zero-order valence-corrected chi connectivity index (χ0v) is 14.1. The summed E-state index contributed by atoms with van der Waals surface area (Å²) < 4.78 is 10.6. The van der Waals surface area contributed by atoms with E-state index >= 15 is 0 Å². The van der Waals surface area contributed by atoms with Gasteiger partial charge in [-0.2, -0.15) is 0 Å². The maximum absolute atomic E-state index is 10.6. The normalized spacial score (nSPS) is 15.9. The summed E-state index contributed by atoms with van der Waals surface area (Å²) in [5.74, 6) is 0. The molecule has 0 rings (SSSR count). The number of aliphatic hydroxyl groups excluding tert-OH is 1. The summed E-state index contributed by atoms with van der Waals surface area (Å²) in [5.41, 5.74) is 3.80. The molecule has 20 heavy (non-hydrogen) atoms. The number of allylic oxidation sites excluding steroid dienone is 5. The van der Waals surface area contributed by atoms with Gasteiger partial charge in [0.15, 0.2) is 8.03 Å². The van der Waals surface area contributed by atoms with Gasteiger partial charge in [-0.25, -0.2) is 0 Å². The van der Waals surface area contributed by atoms with Crippen molar-refractivity contribution in [3.05, 3.63) is 34.9 Å². The highest BCUT2D eigenvalue weighted by Crippen LogP contribution is 2.17. The van der Waals surface area contributed by atoms with Crippen molar-refractivity contribution in [3.8, 4) is 0 Å². The van der Waals surface area contributed by atoms with Gasteiger partial charge in [0.2, 0.25) is 0 Å². The maximum atomic E-state index is 10.6. The highest BCUT2D eigenvalue weighted by atomic mass is 31.1. The van der Waals surface area contributed by atoms with Crippen LogP contribution in [0.1, 0.15) is 53.4 Å². The molecule has 0 aromatic carbocycles. The summed E-state index contributed by atoms with van der Waals surface area (Å²) in [6.07, 6.45) is 9.33. The third kappa shape index (κ3) is 12.4. The maximum Gasteiger partial charge on any atom is 0.191 e. The number of hydrogen-bond donors (Lipinski definition) is 2. The van der Waals surface area contributed by atoms with Crippen molar-refractivity contribution < 1.29 is 14.6 Å². The zero-order chi connectivity index (χ0) is 15.5. The Labute approximate surface area is 124 Å². The van der Waals surface area contributed by atoms with Crippen LogP contribution in [0.2, 0.25) is 0 Å². The van der Waals surface area contributed by atoms with Crippen molar-refractivity contribution in [3.63, 3.8) is 0 Å². The summed E-state index contributed by atoms with van der Waals surface area (Å²) in [6.45, 7) is 8.31. The molecule has 4 heteroatoms. The lowest BCUT2D eigenvalue weighted by Gasteiger charge is -2.05. The van der Waals surface area contributed by atoms with Crippen LogP contribution in [0.15, 0.2) is 34.9 Å². The predicted octanol–water partition coefficient (Wildman–Crippen LogP) is 4.23. The Hall–Kier alpha value is -0.630. The second kappa shape index (κ2) is 11.1. The minimum Gasteiger partial charge on any atom is -0.388 e. The van der Waals surface area contributed by atoms with E-state index in [4.69, 9.17) is 4.89 Å². The lowest BCUT2D eigenvalue weighted by molar-refractivity contribution is 0.242. The summed E-state index contributed by atoms with van der Waals surface area (Å²) in [7, 11) is -2.59. The van der Waals surface area contributed by atoms with E-state index in [2.05, 4.69) is 32.9 Å². The van der Waals surface area contributed by atoms with E-state index in [9.17, 15) is 9.67 Å². The number of rotatable bonds is 9. The smallest absolute Gasteiger partial charge is 0.191 e. The van der Waals surface area contributed by atoms with Gasteiger partial charge in [0.25, 0.3) is 0 Å². The van der Waals surface area contributed by atoms with Crippen molar-refractivity contribution in [2.24, 2.45) is 0 Å². The van der Waals surface area contributed by atoms with E-state index in [1.807, 2.05) is 6.92 Å². The first kappa shape index (κ1) is 19.4. The molecule has 0 heterocycles. The number of hydrogen-bond acceptors (Lipinski definition) is 2. The van der Waals surface area contributed by atoms with Crippen molar-refractivity contribution in [1.29, 1.82) is 0 Å². The van der Waals surface area contributed by atoms with Gasteiger partial charge < -0.3 is 10.00 Å². The Morgan fingerprint density at radius 1 is 1.05 bits per heavy atom. The first-order valence-electron chi connectivity index (χ1n) is 7.17. The molecule has 0 fully saturated rings. The van der Waals surface area contributed by atoms with Crippen molar-refractivity contribution >= 4 is 8.03 Å². The minimum absolute atomic E-state index is 0.0421. The van der Waals surface area contributed by atoms with Gasteiger partial charge >= 0.3 is 0 Å². The molecule has 0 aromatic rings. The first-order chi connectivity index (χ1) is 9.31. The fourth-order valence-electron chi connectivity index (χ4n) is 1.89. The Morgan fingerprint density at radius 2 is 1.60 bits per heavy atom. The van der Waals surface area contributed by atoms with Crippen LogP contribution in [-0.2, 0) is 4.57 Å². The van der Waals surface area contributed by atoms with Crippen LogP contribution in [0.4, 0.5) is 0 Å². The molecular formula is C16H29O3P. The van der Waals surface area contributed by atoms with Gasteiger partial charge in [0, 0.05) is 0 Å². The van der Waals surface area contributed by atoms with Crippen LogP contribution in [0.5, 0.6) is 0 Å². The highest BCUT2D eigenvalue weighted by molar-refractivity contribution is 7.38. The van der Waals surface area contributed by atoms with Crippen LogP contribution in [0.3, 0.4) is 0 Å².